The first-order chi connectivity index (χ1) is 11.5. The molecule has 3 aromatic rings. The van der Waals surface area contributed by atoms with Gasteiger partial charge in [-0.15, -0.1) is 22.7 Å². The second-order valence-electron chi connectivity index (χ2n) is 5.09. The summed E-state index contributed by atoms with van der Waals surface area (Å²) in [5.74, 6) is 0. The fourth-order valence-corrected chi connectivity index (χ4v) is 5.19. The number of nitrogens with one attached hydrogen (secondary N) is 2. The van der Waals surface area contributed by atoms with Crippen LogP contribution < -0.4 is 10.0 Å². The van der Waals surface area contributed by atoms with Crippen molar-refractivity contribution in [3.63, 3.8) is 0 Å². The van der Waals surface area contributed by atoms with Crippen molar-refractivity contribution in [2.75, 3.05) is 18.4 Å². The van der Waals surface area contributed by atoms with Gasteiger partial charge in [-0.2, -0.15) is 0 Å². The van der Waals surface area contributed by atoms with Crippen molar-refractivity contribution in [1.82, 2.24) is 9.71 Å². The minimum atomic E-state index is -3.42. The normalized spacial score (nSPS) is 11.5. The molecule has 5 nitrogen and oxygen atoms in total. The molecule has 1 aromatic carbocycles. The second-order valence-corrected chi connectivity index (χ2v) is 9.23. The highest BCUT2D eigenvalue weighted by Crippen LogP contribution is 2.24. The van der Waals surface area contributed by atoms with Gasteiger partial charge in [0.1, 0.15) is 4.21 Å². The Labute approximate surface area is 149 Å². The summed E-state index contributed by atoms with van der Waals surface area (Å²) in [4.78, 5) is 5.48. The van der Waals surface area contributed by atoms with Crippen LogP contribution in [-0.2, 0) is 10.0 Å². The summed E-state index contributed by atoms with van der Waals surface area (Å²) in [6.07, 6.45) is 0. The Morgan fingerprint density at radius 3 is 2.58 bits per heavy atom. The number of anilines is 1. The SMILES string of the molecule is Cc1ccc(S(=O)(=O)NCCNc2nc(-c3ccccc3)cs2)s1. The number of thiazole rings is 1. The van der Waals surface area contributed by atoms with E-state index in [1.54, 1.807) is 12.1 Å². The van der Waals surface area contributed by atoms with Crippen LogP contribution in [0.4, 0.5) is 5.13 Å². The molecule has 0 unspecified atom stereocenters. The Hall–Kier alpha value is -1.74. The smallest absolute Gasteiger partial charge is 0.250 e. The van der Waals surface area contributed by atoms with E-state index in [2.05, 4.69) is 15.0 Å². The molecule has 0 fully saturated rings. The molecule has 2 heterocycles. The number of rotatable bonds is 7. The molecule has 0 saturated heterocycles. The van der Waals surface area contributed by atoms with Crippen molar-refractivity contribution in [2.24, 2.45) is 0 Å². The molecule has 24 heavy (non-hydrogen) atoms. The lowest BCUT2D eigenvalue weighted by Gasteiger charge is -2.05. The lowest BCUT2D eigenvalue weighted by Crippen LogP contribution is -2.28. The first kappa shape index (κ1) is 17.1. The lowest BCUT2D eigenvalue weighted by molar-refractivity contribution is 0.585. The first-order valence-electron chi connectivity index (χ1n) is 7.35. The summed E-state index contributed by atoms with van der Waals surface area (Å²) in [6.45, 7) is 2.67. The Morgan fingerprint density at radius 1 is 1.08 bits per heavy atom. The summed E-state index contributed by atoms with van der Waals surface area (Å²) in [5.41, 5.74) is 1.98. The van der Waals surface area contributed by atoms with Gasteiger partial charge >= 0.3 is 0 Å². The molecule has 0 saturated carbocycles. The van der Waals surface area contributed by atoms with Crippen molar-refractivity contribution in [3.8, 4) is 11.3 Å². The zero-order chi connectivity index (χ0) is 17.0. The Balaban J connectivity index is 1.51. The number of hydrogen-bond donors (Lipinski definition) is 2. The third-order valence-electron chi connectivity index (χ3n) is 3.25. The topological polar surface area (TPSA) is 71.1 Å². The number of hydrogen-bond acceptors (Lipinski definition) is 6. The Kier molecular flexibility index (Phi) is 5.30. The Bertz CT molecular complexity index is 902. The lowest BCUT2D eigenvalue weighted by atomic mass is 10.2. The highest BCUT2D eigenvalue weighted by molar-refractivity contribution is 7.91. The molecule has 0 radical (unpaired) electrons. The molecule has 0 aliphatic carbocycles. The van der Waals surface area contributed by atoms with E-state index in [0.717, 1.165) is 21.3 Å². The van der Waals surface area contributed by atoms with Gasteiger partial charge in [0.25, 0.3) is 0 Å². The van der Waals surface area contributed by atoms with Crippen LogP contribution in [0.5, 0.6) is 0 Å². The van der Waals surface area contributed by atoms with E-state index < -0.39 is 10.0 Å². The van der Waals surface area contributed by atoms with Crippen LogP contribution in [0.3, 0.4) is 0 Å². The number of aryl methyl sites for hydroxylation is 1. The highest BCUT2D eigenvalue weighted by Gasteiger charge is 2.15. The van der Waals surface area contributed by atoms with Gasteiger partial charge in [-0.25, -0.2) is 18.1 Å². The molecule has 126 valence electrons. The molecule has 0 aliphatic rings. The highest BCUT2D eigenvalue weighted by atomic mass is 32.2. The molecule has 0 spiro atoms. The predicted molar refractivity (Wildman–Crippen MR) is 100 cm³/mol. The summed E-state index contributed by atoms with van der Waals surface area (Å²) in [6, 6.07) is 13.4. The van der Waals surface area contributed by atoms with Gasteiger partial charge < -0.3 is 5.32 Å². The van der Waals surface area contributed by atoms with Gasteiger partial charge in [-0.05, 0) is 19.1 Å². The maximum absolute atomic E-state index is 12.1. The van der Waals surface area contributed by atoms with Crippen LogP contribution in [0.2, 0.25) is 0 Å². The first-order valence-corrected chi connectivity index (χ1v) is 10.5. The fourth-order valence-electron chi connectivity index (χ4n) is 2.08. The second kappa shape index (κ2) is 7.43. The fraction of sp³-hybridized carbons (Fsp3) is 0.188. The van der Waals surface area contributed by atoms with Crippen molar-refractivity contribution in [1.29, 1.82) is 0 Å². The van der Waals surface area contributed by atoms with Gasteiger partial charge in [0, 0.05) is 28.9 Å². The van der Waals surface area contributed by atoms with Crippen molar-refractivity contribution < 1.29 is 8.42 Å². The van der Waals surface area contributed by atoms with Crippen molar-refractivity contribution in [3.05, 3.63) is 52.7 Å². The van der Waals surface area contributed by atoms with E-state index in [1.165, 1.54) is 22.7 Å². The third kappa shape index (κ3) is 4.21. The monoisotopic (exact) mass is 379 g/mol. The van der Waals surface area contributed by atoms with Crippen LogP contribution in [0.25, 0.3) is 11.3 Å². The van der Waals surface area contributed by atoms with E-state index in [9.17, 15) is 8.42 Å². The van der Waals surface area contributed by atoms with E-state index >= 15 is 0 Å². The number of nitrogens with zero attached hydrogens (tertiary/aromatic N) is 1. The maximum atomic E-state index is 12.1. The van der Waals surface area contributed by atoms with Crippen LogP contribution >= 0.6 is 22.7 Å². The molecular formula is C16H17N3O2S3. The number of aromatic nitrogens is 1. The molecule has 3 rings (SSSR count). The molecule has 0 aliphatic heterocycles. The minimum Gasteiger partial charge on any atom is -0.360 e. The van der Waals surface area contributed by atoms with Gasteiger partial charge in [0.05, 0.1) is 5.69 Å². The molecule has 0 atom stereocenters. The summed E-state index contributed by atoms with van der Waals surface area (Å²) in [7, 11) is -3.42. The van der Waals surface area contributed by atoms with E-state index in [4.69, 9.17) is 0 Å². The van der Waals surface area contributed by atoms with Crippen LogP contribution in [0.15, 0.2) is 52.1 Å². The molecule has 8 heteroatoms. The zero-order valence-electron chi connectivity index (χ0n) is 13.0. The zero-order valence-corrected chi connectivity index (χ0v) is 15.5. The van der Waals surface area contributed by atoms with Gasteiger partial charge in [-0.1, -0.05) is 30.3 Å². The van der Waals surface area contributed by atoms with Crippen LogP contribution in [0, 0.1) is 6.92 Å². The van der Waals surface area contributed by atoms with Gasteiger partial charge in [0.15, 0.2) is 5.13 Å². The molecule has 2 N–H and O–H groups in total. The van der Waals surface area contributed by atoms with Gasteiger partial charge in [-0.3, -0.25) is 0 Å². The summed E-state index contributed by atoms with van der Waals surface area (Å²) in [5, 5.41) is 5.91. The standard InChI is InChI=1S/C16H17N3O2S3/c1-12-7-8-15(23-12)24(20,21)18-10-9-17-16-19-14(11-22-16)13-5-3-2-4-6-13/h2-8,11,18H,9-10H2,1H3,(H,17,19). The molecule has 2 aromatic heterocycles. The average molecular weight is 380 g/mol. The average Bonchev–Trinajstić information content (AvgIpc) is 3.22. The van der Waals surface area contributed by atoms with E-state index in [1.807, 2.05) is 42.6 Å². The number of benzene rings is 1. The quantitative estimate of drug-likeness (QED) is 0.616. The summed E-state index contributed by atoms with van der Waals surface area (Å²) < 4.78 is 27.2. The maximum Gasteiger partial charge on any atom is 0.250 e. The third-order valence-corrected chi connectivity index (χ3v) is 7.00. The van der Waals surface area contributed by atoms with Crippen molar-refractivity contribution >= 4 is 37.8 Å². The van der Waals surface area contributed by atoms with Crippen molar-refractivity contribution in [2.45, 2.75) is 11.1 Å². The predicted octanol–water partition coefficient (Wildman–Crippen LogP) is 3.57. The summed E-state index contributed by atoms with van der Waals surface area (Å²) >= 11 is 2.77. The van der Waals surface area contributed by atoms with Crippen LogP contribution in [0.1, 0.15) is 4.88 Å². The molecular weight excluding hydrogens is 362 g/mol. The van der Waals surface area contributed by atoms with E-state index in [0.29, 0.717) is 17.3 Å². The largest absolute Gasteiger partial charge is 0.360 e. The molecule has 0 amide bonds. The van der Waals surface area contributed by atoms with E-state index in [-0.39, 0.29) is 0 Å². The minimum absolute atomic E-state index is 0.305. The van der Waals surface area contributed by atoms with Gasteiger partial charge in [0.2, 0.25) is 10.0 Å². The van der Waals surface area contributed by atoms with Crippen LogP contribution in [-0.4, -0.2) is 26.5 Å². The number of thiophene rings is 1. The number of sulfonamides is 1. The molecule has 0 bridgehead atoms. The Morgan fingerprint density at radius 2 is 1.88 bits per heavy atom.